The zero-order valence-corrected chi connectivity index (χ0v) is 22.7. The van der Waals surface area contributed by atoms with Crippen LogP contribution in [0.5, 0.6) is 17.2 Å². The van der Waals surface area contributed by atoms with Crippen LogP contribution in [-0.4, -0.2) is 62.1 Å². The van der Waals surface area contributed by atoms with E-state index in [1.165, 1.54) is 0 Å². The topological polar surface area (TPSA) is 144 Å². The molecule has 0 saturated carbocycles. The molecule has 0 spiro atoms. The van der Waals surface area contributed by atoms with Crippen molar-refractivity contribution < 1.29 is 28.1 Å². The summed E-state index contributed by atoms with van der Waals surface area (Å²) in [5, 5.41) is 2.91. The Bertz CT molecular complexity index is 1020. The number of hydrogen-bond donors (Lipinski definition) is 3. The molecule has 206 valence electrons. The van der Waals surface area contributed by atoms with Crippen LogP contribution in [0.2, 0.25) is 0 Å². The summed E-state index contributed by atoms with van der Waals surface area (Å²) in [6, 6.07) is 3.67. The van der Waals surface area contributed by atoms with E-state index in [4.69, 9.17) is 30.4 Å². The second-order valence-corrected chi connectivity index (χ2v) is 9.97. The molecule has 0 atom stereocenters. The van der Waals surface area contributed by atoms with E-state index in [0.29, 0.717) is 49.1 Å². The minimum absolute atomic E-state index is 0.116. The van der Waals surface area contributed by atoms with Gasteiger partial charge in [0.15, 0.2) is 11.5 Å². The molecule has 10 nitrogen and oxygen atoms in total. The van der Waals surface area contributed by atoms with E-state index in [1.807, 2.05) is 26.0 Å². The lowest BCUT2D eigenvalue weighted by atomic mass is 9.93. The van der Waals surface area contributed by atoms with Crippen molar-refractivity contribution in [3.63, 3.8) is 0 Å². The highest BCUT2D eigenvalue weighted by Crippen LogP contribution is 2.39. The first-order valence-electron chi connectivity index (χ1n) is 12.1. The van der Waals surface area contributed by atoms with Crippen molar-refractivity contribution in [3.8, 4) is 17.2 Å². The van der Waals surface area contributed by atoms with Crippen LogP contribution in [0.25, 0.3) is 0 Å². The number of hydrogen-bond acceptors (Lipinski definition) is 9. The Balaban J connectivity index is 1.93. The largest absolute Gasteiger partial charge is 0.493 e. The van der Waals surface area contributed by atoms with Gasteiger partial charge in [0, 0.05) is 31.1 Å². The normalized spacial score (nSPS) is 11.8. The fraction of sp³-hybridized carbons (Fsp3) is 0.577. The molecule has 0 aliphatic rings. The first kappa shape index (κ1) is 29.9. The third-order valence-corrected chi connectivity index (χ3v) is 5.82. The fourth-order valence-corrected chi connectivity index (χ4v) is 3.40. The zero-order chi connectivity index (χ0) is 27.6. The van der Waals surface area contributed by atoms with Gasteiger partial charge >= 0.3 is 0 Å². The summed E-state index contributed by atoms with van der Waals surface area (Å²) in [4.78, 5) is 20.6. The van der Waals surface area contributed by atoms with Crippen LogP contribution in [0.1, 0.15) is 51.7 Å². The van der Waals surface area contributed by atoms with Gasteiger partial charge in [-0.3, -0.25) is 9.18 Å². The molecule has 2 rings (SSSR count). The summed E-state index contributed by atoms with van der Waals surface area (Å²) in [7, 11) is 3.09. The number of amides is 1. The Morgan fingerprint density at radius 3 is 2.32 bits per heavy atom. The number of alkyl halides is 1. The van der Waals surface area contributed by atoms with E-state index in [1.54, 1.807) is 34.3 Å². The summed E-state index contributed by atoms with van der Waals surface area (Å²) in [6.45, 7) is 7.68. The third kappa shape index (κ3) is 8.92. The smallest absolute Gasteiger partial charge is 0.227 e. The molecule has 0 fully saturated rings. The minimum Gasteiger partial charge on any atom is -0.493 e. The first-order chi connectivity index (χ1) is 17.4. The fourth-order valence-electron chi connectivity index (χ4n) is 3.40. The average Bonchev–Trinajstić information content (AvgIpc) is 2.84. The Morgan fingerprint density at radius 1 is 1.11 bits per heavy atom. The number of halogens is 1. The molecule has 1 aromatic carbocycles. The van der Waals surface area contributed by atoms with Crippen molar-refractivity contribution in [2.24, 2.45) is 5.41 Å². The molecule has 0 aliphatic carbocycles. The second-order valence-electron chi connectivity index (χ2n) is 9.97. The highest BCUT2D eigenvalue weighted by molar-refractivity contribution is 5.81. The maximum Gasteiger partial charge on any atom is 0.227 e. The van der Waals surface area contributed by atoms with E-state index < -0.39 is 17.7 Å². The monoisotopic (exact) mass is 521 g/mol. The number of carbonyl (C=O) groups is 1. The molecule has 0 unspecified atom stereocenters. The van der Waals surface area contributed by atoms with Gasteiger partial charge in [-0.05, 0) is 51.8 Å². The zero-order valence-electron chi connectivity index (χ0n) is 22.7. The Morgan fingerprint density at radius 2 is 1.76 bits per heavy atom. The quantitative estimate of drug-likeness (QED) is 0.301. The number of nitrogen functional groups attached to an aromatic ring is 2. The van der Waals surface area contributed by atoms with Crippen molar-refractivity contribution in [2.75, 3.05) is 52.1 Å². The average molecular weight is 522 g/mol. The van der Waals surface area contributed by atoms with E-state index in [-0.39, 0.29) is 24.9 Å². The lowest BCUT2D eigenvalue weighted by Gasteiger charge is -2.30. The maximum atomic E-state index is 12.7. The van der Waals surface area contributed by atoms with Gasteiger partial charge in [0.1, 0.15) is 5.82 Å². The molecule has 5 N–H and O–H groups in total. The van der Waals surface area contributed by atoms with Crippen LogP contribution < -0.4 is 31.0 Å². The van der Waals surface area contributed by atoms with E-state index in [2.05, 4.69) is 15.3 Å². The van der Waals surface area contributed by atoms with Gasteiger partial charge in [-0.1, -0.05) is 0 Å². The van der Waals surface area contributed by atoms with Crippen LogP contribution in [0.3, 0.4) is 0 Å². The number of anilines is 2. The number of methoxy groups -OCH3 is 2. The number of carbonyl (C=O) groups excluding carboxylic acids is 1. The van der Waals surface area contributed by atoms with Crippen molar-refractivity contribution >= 4 is 17.7 Å². The molecular weight excluding hydrogens is 481 g/mol. The number of benzene rings is 1. The summed E-state index contributed by atoms with van der Waals surface area (Å²) in [5.74, 6) is 1.75. The summed E-state index contributed by atoms with van der Waals surface area (Å²) in [6.07, 6.45) is 2.88. The van der Waals surface area contributed by atoms with Gasteiger partial charge in [-0.2, -0.15) is 4.98 Å². The highest BCUT2D eigenvalue weighted by atomic mass is 19.1. The molecule has 1 aromatic heterocycles. The van der Waals surface area contributed by atoms with Crippen LogP contribution in [0, 0.1) is 5.41 Å². The molecule has 0 radical (unpaired) electrons. The van der Waals surface area contributed by atoms with Crippen molar-refractivity contribution in [3.05, 3.63) is 29.5 Å². The number of ether oxygens (including phenoxy) is 4. The first-order valence-corrected chi connectivity index (χ1v) is 12.1. The molecule has 37 heavy (non-hydrogen) atoms. The Kier molecular flexibility index (Phi) is 10.7. The van der Waals surface area contributed by atoms with Crippen LogP contribution in [0.4, 0.5) is 16.2 Å². The van der Waals surface area contributed by atoms with Crippen molar-refractivity contribution in [2.45, 2.75) is 52.6 Å². The molecule has 11 heteroatoms. The van der Waals surface area contributed by atoms with Crippen molar-refractivity contribution in [1.29, 1.82) is 0 Å². The summed E-state index contributed by atoms with van der Waals surface area (Å²) < 4.78 is 35.5. The summed E-state index contributed by atoms with van der Waals surface area (Å²) >= 11 is 0. The van der Waals surface area contributed by atoms with Crippen LogP contribution >= 0.6 is 0 Å². The SMILES string of the molecule is COc1cc(Cc2cnc(N)nc2N)cc(OC)c1OCCCNC(=O)C(C)(C)COC(C)(C)CCF. The number of nitrogens with two attached hydrogens (primary N) is 2. The molecule has 1 amide bonds. The molecule has 0 bridgehead atoms. The van der Waals surface area contributed by atoms with Crippen LogP contribution in [0.15, 0.2) is 18.3 Å². The Labute approximate surface area is 218 Å². The predicted octanol–water partition coefficient (Wildman–Crippen LogP) is 3.32. The number of nitrogens with zero attached hydrogens (tertiary/aromatic N) is 2. The van der Waals surface area contributed by atoms with Gasteiger partial charge in [0.25, 0.3) is 0 Å². The number of rotatable bonds is 15. The standard InChI is InChI=1S/C26H40FN5O5/c1-25(2,16-37-26(3,4)8-9-27)23(33)30-10-7-11-36-21-19(34-5)13-17(14-20(21)35-6)12-18-15-31-24(29)32-22(18)28/h13-15H,7-12,16H2,1-6H3,(H,30,33)(H4,28,29,31,32). The van der Waals surface area contributed by atoms with Gasteiger partial charge < -0.3 is 35.7 Å². The molecule has 2 aromatic rings. The van der Waals surface area contributed by atoms with E-state index >= 15 is 0 Å². The molecule has 1 heterocycles. The third-order valence-electron chi connectivity index (χ3n) is 5.82. The maximum absolute atomic E-state index is 12.7. The lowest BCUT2D eigenvalue weighted by molar-refractivity contribution is -0.137. The number of aromatic nitrogens is 2. The predicted molar refractivity (Wildman–Crippen MR) is 141 cm³/mol. The molecule has 0 aliphatic heterocycles. The van der Waals surface area contributed by atoms with Crippen molar-refractivity contribution in [1.82, 2.24) is 15.3 Å². The summed E-state index contributed by atoms with van der Waals surface area (Å²) in [5.41, 5.74) is 11.8. The Hall–Kier alpha value is -3.34. The highest BCUT2D eigenvalue weighted by Gasteiger charge is 2.31. The van der Waals surface area contributed by atoms with E-state index in [0.717, 1.165) is 11.1 Å². The van der Waals surface area contributed by atoms with E-state index in [9.17, 15) is 9.18 Å². The second kappa shape index (κ2) is 13.3. The molecular formula is C26H40FN5O5. The molecule has 0 saturated heterocycles. The minimum atomic E-state index is -0.754. The van der Waals surface area contributed by atoms with Gasteiger partial charge in [0.2, 0.25) is 17.6 Å². The lowest BCUT2D eigenvalue weighted by Crippen LogP contribution is -2.42. The van der Waals surface area contributed by atoms with Crippen LogP contribution in [-0.2, 0) is 16.0 Å². The van der Waals surface area contributed by atoms with Gasteiger partial charge in [-0.25, -0.2) is 4.98 Å². The number of nitrogens with one attached hydrogen (secondary N) is 1. The van der Waals surface area contributed by atoms with Gasteiger partial charge in [-0.15, -0.1) is 0 Å². The van der Waals surface area contributed by atoms with Gasteiger partial charge in [0.05, 0.1) is 45.1 Å².